The molecule has 1 aromatic heterocycles. The van der Waals surface area contributed by atoms with Crippen LogP contribution in [0, 0.1) is 0 Å². The normalized spacial score (nSPS) is 10.9. The van der Waals surface area contributed by atoms with Gasteiger partial charge in [-0.1, -0.05) is 41.1 Å². The SMILES string of the molecule is CCCNc1cccc(CN(C)Cc2ccc(Br)cc2)n1. The van der Waals surface area contributed by atoms with E-state index in [2.05, 4.69) is 81.5 Å². The van der Waals surface area contributed by atoms with Crippen molar-refractivity contribution in [3.8, 4) is 0 Å². The number of pyridine rings is 1. The van der Waals surface area contributed by atoms with Gasteiger partial charge in [0.25, 0.3) is 0 Å². The average molecular weight is 348 g/mol. The third-order valence-corrected chi connectivity index (χ3v) is 3.69. The third-order valence-electron chi connectivity index (χ3n) is 3.16. The molecule has 0 amide bonds. The molecule has 0 unspecified atom stereocenters. The number of aromatic nitrogens is 1. The van der Waals surface area contributed by atoms with Gasteiger partial charge >= 0.3 is 0 Å². The number of anilines is 1. The zero-order valence-electron chi connectivity index (χ0n) is 12.6. The van der Waals surface area contributed by atoms with Crippen LogP contribution in [0.1, 0.15) is 24.6 Å². The molecule has 0 spiro atoms. The standard InChI is InChI=1S/C17H22BrN3/c1-3-11-19-17-6-4-5-16(20-17)13-21(2)12-14-7-9-15(18)10-8-14/h4-10H,3,11-13H2,1-2H3,(H,19,20). The van der Waals surface area contributed by atoms with E-state index in [1.165, 1.54) is 5.56 Å². The number of nitrogens with one attached hydrogen (secondary N) is 1. The summed E-state index contributed by atoms with van der Waals surface area (Å²) >= 11 is 3.46. The van der Waals surface area contributed by atoms with Crippen LogP contribution < -0.4 is 5.32 Å². The Morgan fingerprint density at radius 2 is 1.86 bits per heavy atom. The van der Waals surface area contributed by atoms with Crippen LogP contribution >= 0.6 is 15.9 Å². The molecular formula is C17H22BrN3. The van der Waals surface area contributed by atoms with E-state index >= 15 is 0 Å². The van der Waals surface area contributed by atoms with Crippen LogP contribution in [0.25, 0.3) is 0 Å². The first-order valence-electron chi connectivity index (χ1n) is 7.30. The fourth-order valence-corrected chi connectivity index (χ4v) is 2.42. The Bertz CT molecular complexity index is 554. The van der Waals surface area contributed by atoms with Gasteiger partial charge in [0.1, 0.15) is 5.82 Å². The number of rotatable bonds is 7. The molecule has 3 nitrogen and oxygen atoms in total. The van der Waals surface area contributed by atoms with Crippen molar-refractivity contribution in [1.29, 1.82) is 0 Å². The topological polar surface area (TPSA) is 28.2 Å². The Hall–Kier alpha value is -1.39. The van der Waals surface area contributed by atoms with Crippen molar-refractivity contribution in [3.05, 3.63) is 58.2 Å². The maximum Gasteiger partial charge on any atom is 0.126 e. The molecule has 4 heteroatoms. The van der Waals surface area contributed by atoms with E-state index in [0.717, 1.165) is 42.0 Å². The lowest BCUT2D eigenvalue weighted by molar-refractivity contribution is 0.315. The van der Waals surface area contributed by atoms with Crippen molar-refractivity contribution in [3.63, 3.8) is 0 Å². The van der Waals surface area contributed by atoms with Gasteiger partial charge in [-0.05, 0) is 43.3 Å². The highest BCUT2D eigenvalue weighted by atomic mass is 79.9. The molecule has 0 aliphatic carbocycles. The number of benzene rings is 1. The van der Waals surface area contributed by atoms with Gasteiger partial charge in [-0.3, -0.25) is 4.90 Å². The Morgan fingerprint density at radius 3 is 2.57 bits per heavy atom. The monoisotopic (exact) mass is 347 g/mol. The predicted molar refractivity (Wildman–Crippen MR) is 92.3 cm³/mol. The highest BCUT2D eigenvalue weighted by Crippen LogP contribution is 2.13. The van der Waals surface area contributed by atoms with Crippen LogP contribution in [0.2, 0.25) is 0 Å². The van der Waals surface area contributed by atoms with Crippen molar-refractivity contribution in [1.82, 2.24) is 9.88 Å². The highest BCUT2D eigenvalue weighted by Gasteiger charge is 2.04. The molecule has 1 aromatic carbocycles. The second-order valence-electron chi connectivity index (χ2n) is 5.24. The smallest absolute Gasteiger partial charge is 0.126 e. The fourth-order valence-electron chi connectivity index (χ4n) is 2.15. The van der Waals surface area contributed by atoms with Gasteiger partial charge in [0.2, 0.25) is 0 Å². The largest absolute Gasteiger partial charge is 0.370 e. The lowest BCUT2D eigenvalue weighted by Gasteiger charge is -2.17. The first-order valence-corrected chi connectivity index (χ1v) is 8.09. The number of hydrogen-bond acceptors (Lipinski definition) is 3. The highest BCUT2D eigenvalue weighted by molar-refractivity contribution is 9.10. The van der Waals surface area contributed by atoms with Crippen LogP contribution in [0.15, 0.2) is 46.9 Å². The first-order chi connectivity index (χ1) is 10.2. The van der Waals surface area contributed by atoms with Crippen LogP contribution in [-0.2, 0) is 13.1 Å². The molecule has 0 radical (unpaired) electrons. The van der Waals surface area contributed by atoms with Crippen LogP contribution in [-0.4, -0.2) is 23.5 Å². The number of nitrogens with zero attached hydrogens (tertiary/aromatic N) is 2. The molecule has 1 N–H and O–H groups in total. The fraction of sp³-hybridized carbons (Fsp3) is 0.353. The van der Waals surface area contributed by atoms with E-state index in [1.807, 2.05) is 6.07 Å². The lowest BCUT2D eigenvalue weighted by atomic mass is 10.2. The summed E-state index contributed by atoms with van der Waals surface area (Å²) in [4.78, 5) is 6.92. The minimum absolute atomic E-state index is 0.845. The Morgan fingerprint density at radius 1 is 1.10 bits per heavy atom. The Balaban J connectivity index is 1.92. The summed E-state index contributed by atoms with van der Waals surface area (Å²) in [6, 6.07) is 14.6. The quantitative estimate of drug-likeness (QED) is 0.809. The number of halogens is 1. The molecule has 1 heterocycles. The minimum Gasteiger partial charge on any atom is -0.370 e. The summed E-state index contributed by atoms with van der Waals surface area (Å²) in [6.07, 6.45) is 1.11. The van der Waals surface area contributed by atoms with E-state index in [-0.39, 0.29) is 0 Å². The second-order valence-corrected chi connectivity index (χ2v) is 6.16. The second kappa shape index (κ2) is 8.15. The van der Waals surface area contributed by atoms with Crippen molar-refractivity contribution >= 4 is 21.7 Å². The van der Waals surface area contributed by atoms with Crippen LogP contribution in [0.3, 0.4) is 0 Å². The van der Waals surface area contributed by atoms with E-state index in [0.29, 0.717) is 0 Å². The summed E-state index contributed by atoms with van der Waals surface area (Å²) in [7, 11) is 2.12. The molecular weight excluding hydrogens is 326 g/mol. The predicted octanol–water partition coefficient (Wildman–Crippen LogP) is 4.30. The molecule has 0 bridgehead atoms. The minimum atomic E-state index is 0.845. The molecule has 2 aromatic rings. The molecule has 0 aliphatic rings. The lowest BCUT2D eigenvalue weighted by Crippen LogP contribution is -2.18. The van der Waals surface area contributed by atoms with Gasteiger partial charge in [-0.15, -0.1) is 0 Å². The summed E-state index contributed by atoms with van der Waals surface area (Å²) in [6.45, 7) is 4.88. The van der Waals surface area contributed by atoms with Crippen molar-refractivity contribution in [2.75, 3.05) is 18.9 Å². The van der Waals surface area contributed by atoms with E-state index in [1.54, 1.807) is 0 Å². The molecule has 0 fully saturated rings. The summed E-state index contributed by atoms with van der Waals surface area (Å²) < 4.78 is 1.12. The van der Waals surface area contributed by atoms with E-state index < -0.39 is 0 Å². The maximum absolute atomic E-state index is 4.65. The third kappa shape index (κ3) is 5.48. The first kappa shape index (κ1) is 16.0. The maximum atomic E-state index is 4.65. The van der Waals surface area contributed by atoms with Crippen LogP contribution in [0.5, 0.6) is 0 Å². The molecule has 112 valence electrons. The van der Waals surface area contributed by atoms with Gasteiger partial charge < -0.3 is 5.32 Å². The average Bonchev–Trinajstić information content (AvgIpc) is 2.48. The molecule has 0 aliphatic heterocycles. The zero-order valence-corrected chi connectivity index (χ0v) is 14.2. The molecule has 0 atom stereocenters. The van der Waals surface area contributed by atoms with Gasteiger partial charge in [0.05, 0.1) is 5.69 Å². The zero-order chi connectivity index (χ0) is 15.1. The van der Waals surface area contributed by atoms with E-state index in [4.69, 9.17) is 0 Å². The van der Waals surface area contributed by atoms with Gasteiger partial charge in [0.15, 0.2) is 0 Å². The van der Waals surface area contributed by atoms with Crippen molar-refractivity contribution in [2.45, 2.75) is 26.4 Å². The molecule has 0 saturated carbocycles. The molecule has 21 heavy (non-hydrogen) atoms. The Labute approximate surface area is 135 Å². The van der Waals surface area contributed by atoms with Gasteiger partial charge in [-0.2, -0.15) is 0 Å². The van der Waals surface area contributed by atoms with Crippen molar-refractivity contribution < 1.29 is 0 Å². The van der Waals surface area contributed by atoms with E-state index in [9.17, 15) is 0 Å². The molecule has 0 saturated heterocycles. The summed E-state index contributed by atoms with van der Waals surface area (Å²) in [5, 5.41) is 3.33. The van der Waals surface area contributed by atoms with Crippen molar-refractivity contribution in [2.24, 2.45) is 0 Å². The van der Waals surface area contributed by atoms with Gasteiger partial charge in [-0.25, -0.2) is 4.98 Å². The Kier molecular flexibility index (Phi) is 6.21. The van der Waals surface area contributed by atoms with Gasteiger partial charge in [0, 0.05) is 24.1 Å². The van der Waals surface area contributed by atoms with Crippen LogP contribution in [0.4, 0.5) is 5.82 Å². The molecule has 2 rings (SSSR count). The summed E-state index contributed by atoms with van der Waals surface area (Å²) in [5.41, 5.74) is 2.40. The number of hydrogen-bond donors (Lipinski definition) is 1. The summed E-state index contributed by atoms with van der Waals surface area (Å²) in [5.74, 6) is 0.964.